The fourth-order valence-corrected chi connectivity index (χ4v) is 5.08. The summed E-state index contributed by atoms with van der Waals surface area (Å²) in [7, 11) is 0. The lowest BCUT2D eigenvalue weighted by Crippen LogP contribution is -2.33. The first-order valence-electron chi connectivity index (χ1n) is 11.5. The Kier molecular flexibility index (Phi) is 7.41. The topological polar surface area (TPSA) is 55.8 Å². The molecule has 3 rings (SSSR count). The van der Waals surface area contributed by atoms with E-state index in [2.05, 4.69) is 33.8 Å². The molecule has 3 aliphatic rings. The summed E-state index contributed by atoms with van der Waals surface area (Å²) in [5, 5.41) is 10.4. The molecule has 1 aliphatic carbocycles. The van der Waals surface area contributed by atoms with E-state index in [1.807, 2.05) is 19.1 Å². The van der Waals surface area contributed by atoms with E-state index in [0.717, 1.165) is 31.3 Å². The number of cyclic esters (lactones) is 1. The number of carbonyl (C=O) groups is 1. The number of hydrogen-bond acceptors (Lipinski definition) is 4. The molecule has 4 nitrogen and oxygen atoms in total. The van der Waals surface area contributed by atoms with Crippen LogP contribution in [0.3, 0.4) is 0 Å². The maximum Gasteiger partial charge on any atom is 0.331 e. The first-order chi connectivity index (χ1) is 14.2. The second kappa shape index (κ2) is 9.65. The molecular formula is C26H38O4. The van der Waals surface area contributed by atoms with Gasteiger partial charge in [0.05, 0.1) is 0 Å². The van der Waals surface area contributed by atoms with Crippen LogP contribution in [0.1, 0.15) is 79.6 Å². The highest BCUT2D eigenvalue weighted by atomic mass is 16.6. The van der Waals surface area contributed by atoms with E-state index in [0.29, 0.717) is 5.41 Å². The first kappa shape index (κ1) is 23.0. The van der Waals surface area contributed by atoms with Gasteiger partial charge in [0.25, 0.3) is 0 Å². The molecule has 0 saturated heterocycles. The van der Waals surface area contributed by atoms with Gasteiger partial charge in [0.1, 0.15) is 12.2 Å². The van der Waals surface area contributed by atoms with Gasteiger partial charge in [-0.05, 0) is 71.1 Å². The zero-order valence-corrected chi connectivity index (χ0v) is 19.2. The maximum atomic E-state index is 11.4. The van der Waals surface area contributed by atoms with Gasteiger partial charge < -0.3 is 14.6 Å². The van der Waals surface area contributed by atoms with Crippen LogP contribution in [0.2, 0.25) is 0 Å². The lowest BCUT2D eigenvalue weighted by atomic mass is 9.71. The van der Waals surface area contributed by atoms with E-state index in [-0.39, 0.29) is 24.1 Å². The molecule has 4 unspecified atom stereocenters. The van der Waals surface area contributed by atoms with E-state index < -0.39 is 6.29 Å². The van der Waals surface area contributed by atoms with E-state index in [4.69, 9.17) is 9.47 Å². The van der Waals surface area contributed by atoms with Crippen LogP contribution >= 0.6 is 0 Å². The number of ether oxygens (including phenoxy) is 2. The van der Waals surface area contributed by atoms with Crippen molar-refractivity contribution in [3.8, 4) is 0 Å². The van der Waals surface area contributed by atoms with Gasteiger partial charge in [-0.3, -0.25) is 0 Å². The van der Waals surface area contributed by atoms with Gasteiger partial charge in [-0.15, -0.1) is 0 Å². The average Bonchev–Trinajstić information content (AvgIpc) is 3.00. The van der Waals surface area contributed by atoms with Gasteiger partial charge >= 0.3 is 5.97 Å². The van der Waals surface area contributed by atoms with Crippen molar-refractivity contribution in [2.45, 2.75) is 98.1 Å². The van der Waals surface area contributed by atoms with E-state index in [9.17, 15) is 9.90 Å². The molecule has 4 heteroatoms. The third-order valence-electron chi connectivity index (χ3n) is 7.01. The van der Waals surface area contributed by atoms with E-state index in [1.54, 1.807) is 11.1 Å². The predicted octanol–water partition coefficient (Wildman–Crippen LogP) is 5.78. The normalized spacial score (nSPS) is 31.7. The number of aliphatic hydroxyl groups excluding tert-OH is 1. The molecule has 30 heavy (non-hydrogen) atoms. The number of carbonyl (C=O) groups excluding carboxylic acids is 1. The molecule has 0 aromatic carbocycles. The minimum Gasteiger partial charge on any atom is -0.455 e. The number of rotatable bonds is 7. The summed E-state index contributed by atoms with van der Waals surface area (Å²) in [4.78, 5) is 11.4. The standard InChI is InChI=1S/C26H38O4/c1-17(11-13-22-18(2)9-7-15-26(22,4)5)8-6-10-20-12-14-23(30-25(20)28)21-16-24(27)29-19(21)3/h8,12,14,16,19-20,23,25,28H,6-7,9-11,13,15H2,1-5H3/b17-8+. The Hall–Kier alpha value is -1.65. The molecule has 2 heterocycles. The van der Waals surface area contributed by atoms with E-state index in [1.165, 1.54) is 30.9 Å². The number of esters is 1. The summed E-state index contributed by atoms with van der Waals surface area (Å²) in [6, 6.07) is 0. The zero-order chi connectivity index (χ0) is 21.9. The molecule has 2 aliphatic heterocycles. The van der Waals surface area contributed by atoms with Crippen molar-refractivity contribution in [1.82, 2.24) is 0 Å². The number of allylic oxidation sites excluding steroid dienone is 4. The molecule has 166 valence electrons. The Morgan fingerprint density at radius 2 is 2.10 bits per heavy atom. The van der Waals surface area contributed by atoms with Gasteiger partial charge in [0.15, 0.2) is 6.29 Å². The summed E-state index contributed by atoms with van der Waals surface area (Å²) >= 11 is 0. The highest BCUT2D eigenvalue weighted by molar-refractivity contribution is 5.86. The van der Waals surface area contributed by atoms with Crippen LogP contribution in [-0.2, 0) is 14.3 Å². The fraction of sp³-hybridized carbons (Fsp3) is 0.654. The second-order valence-corrected chi connectivity index (χ2v) is 9.84. The Morgan fingerprint density at radius 1 is 1.33 bits per heavy atom. The van der Waals surface area contributed by atoms with Crippen molar-refractivity contribution in [3.63, 3.8) is 0 Å². The molecule has 0 radical (unpaired) electrons. The summed E-state index contributed by atoms with van der Waals surface area (Å²) < 4.78 is 10.9. The van der Waals surface area contributed by atoms with Crippen molar-refractivity contribution in [1.29, 1.82) is 0 Å². The van der Waals surface area contributed by atoms with Crippen molar-refractivity contribution >= 4 is 5.97 Å². The van der Waals surface area contributed by atoms with Gasteiger partial charge in [-0.25, -0.2) is 4.79 Å². The van der Waals surface area contributed by atoms with Crippen LogP contribution in [-0.4, -0.2) is 29.6 Å². The zero-order valence-electron chi connectivity index (χ0n) is 19.2. The summed E-state index contributed by atoms with van der Waals surface area (Å²) in [5.41, 5.74) is 5.80. The van der Waals surface area contributed by atoms with Gasteiger partial charge in [0, 0.05) is 17.6 Å². The minimum absolute atomic E-state index is 0.0264. The largest absolute Gasteiger partial charge is 0.455 e. The molecule has 0 spiro atoms. The van der Waals surface area contributed by atoms with E-state index >= 15 is 0 Å². The predicted molar refractivity (Wildman–Crippen MR) is 120 cm³/mol. The molecule has 0 amide bonds. The molecule has 0 fully saturated rings. The Labute approximate surface area is 181 Å². The molecule has 1 N–H and O–H groups in total. The van der Waals surface area contributed by atoms with Gasteiger partial charge in [-0.2, -0.15) is 0 Å². The lowest BCUT2D eigenvalue weighted by Gasteiger charge is -2.35. The first-order valence-corrected chi connectivity index (χ1v) is 11.5. The highest BCUT2D eigenvalue weighted by Crippen LogP contribution is 2.42. The third-order valence-corrected chi connectivity index (χ3v) is 7.01. The van der Waals surface area contributed by atoms with Crippen LogP contribution in [0.25, 0.3) is 0 Å². The summed E-state index contributed by atoms with van der Waals surface area (Å²) in [6.45, 7) is 11.1. The van der Waals surface area contributed by atoms with Crippen LogP contribution < -0.4 is 0 Å². The number of hydrogen-bond donors (Lipinski definition) is 1. The average molecular weight is 415 g/mol. The van der Waals surface area contributed by atoms with Crippen molar-refractivity contribution in [2.75, 3.05) is 0 Å². The van der Waals surface area contributed by atoms with Gasteiger partial charge in [0.2, 0.25) is 0 Å². The Bertz CT molecular complexity index is 768. The molecule has 4 atom stereocenters. The smallest absolute Gasteiger partial charge is 0.331 e. The molecule has 0 aromatic heterocycles. The second-order valence-electron chi connectivity index (χ2n) is 9.84. The minimum atomic E-state index is -0.853. The van der Waals surface area contributed by atoms with Crippen LogP contribution in [0.15, 0.2) is 46.6 Å². The quantitative estimate of drug-likeness (QED) is 0.424. The van der Waals surface area contributed by atoms with Crippen LogP contribution in [0, 0.1) is 11.3 Å². The van der Waals surface area contributed by atoms with Crippen molar-refractivity contribution in [3.05, 3.63) is 46.6 Å². The molecule has 0 bridgehead atoms. The third kappa shape index (κ3) is 5.53. The number of aliphatic hydroxyl groups is 1. The Morgan fingerprint density at radius 3 is 2.73 bits per heavy atom. The van der Waals surface area contributed by atoms with Crippen molar-refractivity contribution in [2.24, 2.45) is 11.3 Å². The Balaban J connectivity index is 1.49. The summed E-state index contributed by atoms with van der Waals surface area (Å²) in [5.74, 6) is -0.365. The lowest BCUT2D eigenvalue weighted by molar-refractivity contribution is -0.147. The SMILES string of the molecule is CC1=C(CC/C(C)=C/CCC2C=CC(C3=CC(=O)OC3C)OC2O)C(C)(C)CCC1. The van der Waals surface area contributed by atoms with Crippen LogP contribution in [0.4, 0.5) is 0 Å². The summed E-state index contributed by atoms with van der Waals surface area (Å²) in [6.07, 6.45) is 14.1. The highest BCUT2D eigenvalue weighted by Gasteiger charge is 2.33. The monoisotopic (exact) mass is 414 g/mol. The molecule has 0 aromatic rings. The van der Waals surface area contributed by atoms with Crippen LogP contribution in [0.5, 0.6) is 0 Å². The van der Waals surface area contributed by atoms with Gasteiger partial charge in [-0.1, -0.05) is 48.8 Å². The van der Waals surface area contributed by atoms with Crippen molar-refractivity contribution < 1.29 is 19.4 Å². The fourth-order valence-electron chi connectivity index (χ4n) is 5.08. The molecule has 0 saturated carbocycles. The molecular weight excluding hydrogens is 376 g/mol. The maximum absolute atomic E-state index is 11.4.